The van der Waals surface area contributed by atoms with Crippen LogP contribution in [-0.2, 0) is 0 Å². The Morgan fingerprint density at radius 2 is 2.29 bits per heavy atom. The molecule has 0 aliphatic heterocycles. The van der Waals surface area contributed by atoms with Crippen molar-refractivity contribution in [1.82, 2.24) is 0 Å². The number of hydrogen-bond acceptors (Lipinski definition) is 2. The van der Waals surface area contributed by atoms with Crippen molar-refractivity contribution in [2.75, 3.05) is 23.9 Å². The summed E-state index contributed by atoms with van der Waals surface area (Å²) in [6.45, 7) is 0.823. The van der Waals surface area contributed by atoms with Gasteiger partial charge in [-0.25, -0.2) is 4.39 Å². The molecule has 1 nitrogen and oxygen atoms in total. The molecule has 0 aromatic heterocycles. The minimum Gasteiger partial charge on any atom is -0.384 e. The number of thioether (sulfide) groups is 1. The lowest BCUT2D eigenvalue weighted by atomic mass is 10.3. The van der Waals surface area contributed by atoms with Crippen molar-refractivity contribution >= 4 is 29.1 Å². The second kappa shape index (κ2) is 6.14. The van der Waals surface area contributed by atoms with Crippen LogP contribution in [0, 0.1) is 5.82 Å². The maximum absolute atomic E-state index is 12.8. The average molecular weight is 234 g/mol. The van der Waals surface area contributed by atoms with Crippen LogP contribution in [0.4, 0.5) is 10.1 Å². The Hall–Kier alpha value is -0.410. The van der Waals surface area contributed by atoms with Crippen molar-refractivity contribution in [3.8, 4) is 0 Å². The number of nitrogens with one attached hydrogen (secondary N) is 1. The van der Waals surface area contributed by atoms with Gasteiger partial charge < -0.3 is 5.32 Å². The van der Waals surface area contributed by atoms with Gasteiger partial charge in [-0.1, -0.05) is 11.6 Å². The molecule has 78 valence electrons. The molecule has 0 saturated heterocycles. The molecule has 0 saturated carbocycles. The first kappa shape index (κ1) is 11.7. The zero-order chi connectivity index (χ0) is 10.4. The van der Waals surface area contributed by atoms with Crippen LogP contribution in [0.1, 0.15) is 6.42 Å². The van der Waals surface area contributed by atoms with E-state index in [1.807, 2.05) is 0 Å². The molecule has 0 unspecified atom stereocenters. The van der Waals surface area contributed by atoms with Crippen molar-refractivity contribution in [1.29, 1.82) is 0 Å². The minimum atomic E-state index is -0.262. The summed E-state index contributed by atoms with van der Waals surface area (Å²) in [5.74, 6) is 0.835. The first-order valence-corrected chi connectivity index (χ1v) is 6.19. The summed E-state index contributed by atoms with van der Waals surface area (Å²) in [6.07, 6.45) is 3.11. The van der Waals surface area contributed by atoms with Crippen LogP contribution in [0.3, 0.4) is 0 Å². The van der Waals surface area contributed by atoms with Crippen molar-refractivity contribution in [2.45, 2.75) is 6.42 Å². The summed E-state index contributed by atoms with van der Waals surface area (Å²) >= 11 is 7.67. The molecular formula is C10H13ClFNS. The van der Waals surface area contributed by atoms with E-state index in [9.17, 15) is 4.39 Å². The van der Waals surface area contributed by atoms with Gasteiger partial charge in [-0.05, 0) is 36.6 Å². The summed E-state index contributed by atoms with van der Waals surface area (Å²) in [7, 11) is 0. The fourth-order valence-electron chi connectivity index (χ4n) is 1.07. The second-order valence-corrected chi connectivity index (χ2v) is 4.29. The molecule has 0 heterocycles. The first-order chi connectivity index (χ1) is 6.74. The molecule has 0 bridgehead atoms. The zero-order valence-electron chi connectivity index (χ0n) is 8.02. The predicted molar refractivity (Wildman–Crippen MR) is 62.9 cm³/mol. The van der Waals surface area contributed by atoms with Crippen LogP contribution >= 0.6 is 23.4 Å². The van der Waals surface area contributed by atoms with Crippen LogP contribution in [0.25, 0.3) is 0 Å². The van der Waals surface area contributed by atoms with E-state index in [1.165, 1.54) is 12.1 Å². The van der Waals surface area contributed by atoms with Crippen molar-refractivity contribution in [3.05, 3.63) is 29.0 Å². The maximum Gasteiger partial charge on any atom is 0.125 e. The van der Waals surface area contributed by atoms with Crippen LogP contribution in [0.5, 0.6) is 0 Å². The van der Waals surface area contributed by atoms with E-state index >= 15 is 0 Å². The molecule has 0 atom stereocenters. The highest BCUT2D eigenvalue weighted by Crippen LogP contribution is 2.22. The summed E-state index contributed by atoms with van der Waals surface area (Å²) in [5, 5.41) is 3.67. The van der Waals surface area contributed by atoms with Crippen LogP contribution < -0.4 is 5.32 Å². The molecule has 1 N–H and O–H groups in total. The lowest BCUT2D eigenvalue weighted by Gasteiger charge is -2.07. The van der Waals surface area contributed by atoms with Gasteiger partial charge in [0.05, 0.1) is 10.7 Å². The monoisotopic (exact) mass is 233 g/mol. The van der Waals surface area contributed by atoms with Gasteiger partial charge in [-0.3, -0.25) is 0 Å². The van der Waals surface area contributed by atoms with Crippen LogP contribution in [0.2, 0.25) is 5.02 Å². The first-order valence-electron chi connectivity index (χ1n) is 4.42. The molecular weight excluding hydrogens is 221 g/mol. The smallest absolute Gasteiger partial charge is 0.125 e. The highest BCUT2D eigenvalue weighted by atomic mass is 35.5. The third-order valence-corrected chi connectivity index (χ3v) is 2.80. The van der Waals surface area contributed by atoms with Gasteiger partial charge in [0.15, 0.2) is 0 Å². The third kappa shape index (κ3) is 3.76. The Kier molecular flexibility index (Phi) is 5.12. The highest BCUT2D eigenvalue weighted by molar-refractivity contribution is 7.98. The molecule has 0 aliphatic carbocycles. The predicted octanol–water partition coefficient (Wildman–Crippen LogP) is 3.64. The molecule has 1 aromatic rings. The Labute approximate surface area is 93.0 Å². The minimum absolute atomic E-state index is 0.262. The second-order valence-electron chi connectivity index (χ2n) is 2.90. The Balaban J connectivity index is 2.45. The van der Waals surface area contributed by atoms with Crippen molar-refractivity contribution < 1.29 is 4.39 Å². The molecule has 0 fully saturated rings. The maximum atomic E-state index is 12.8. The van der Waals surface area contributed by atoms with Gasteiger partial charge in [-0.15, -0.1) is 0 Å². The average Bonchev–Trinajstić information content (AvgIpc) is 2.18. The fraction of sp³-hybridized carbons (Fsp3) is 0.400. The lowest BCUT2D eigenvalue weighted by molar-refractivity contribution is 0.628. The lowest BCUT2D eigenvalue weighted by Crippen LogP contribution is -2.03. The third-order valence-electron chi connectivity index (χ3n) is 1.77. The molecule has 1 aromatic carbocycles. The topological polar surface area (TPSA) is 12.0 Å². The number of hydrogen-bond donors (Lipinski definition) is 1. The summed E-state index contributed by atoms with van der Waals surface area (Å²) in [5.41, 5.74) is 0.674. The van der Waals surface area contributed by atoms with Gasteiger partial charge in [0, 0.05) is 6.54 Å². The summed E-state index contributed by atoms with van der Waals surface area (Å²) in [6, 6.07) is 4.34. The summed E-state index contributed by atoms with van der Waals surface area (Å²) in [4.78, 5) is 0. The van der Waals surface area contributed by atoms with E-state index in [0.717, 1.165) is 18.7 Å². The highest BCUT2D eigenvalue weighted by Gasteiger charge is 2.00. The zero-order valence-corrected chi connectivity index (χ0v) is 9.59. The SMILES string of the molecule is CSCCCNc1cc(F)ccc1Cl. The van der Waals surface area contributed by atoms with E-state index in [0.29, 0.717) is 10.7 Å². The number of benzene rings is 1. The van der Waals surface area contributed by atoms with E-state index in [-0.39, 0.29) is 5.82 Å². The standard InChI is InChI=1S/C10H13ClFNS/c1-14-6-2-5-13-10-7-8(12)3-4-9(10)11/h3-4,7,13H,2,5-6H2,1H3. The van der Waals surface area contributed by atoms with Gasteiger partial charge >= 0.3 is 0 Å². The van der Waals surface area contributed by atoms with Crippen molar-refractivity contribution in [2.24, 2.45) is 0 Å². The van der Waals surface area contributed by atoms with Gasteiger partial charge in [-0.2, -0.15) is 11.8 Å². The fourth-order valence-corrected chi connectivity index (χ4v) is 1.69. The van der Waals surface area contributed by atoms with Crippen molar-refractivity contribution in [3.63, 3.8) is 0 Å². The molecule has 0 spiro atoms. The molecule has 0 amide bonds. The number of anilines is 1. The van der Waals surface area contributed by atoms with E-state index < -0.39 is 0 Å². The number of halogens is 2. The molecule has 1 rings (SSSR count). The van der Waals surface area contributed by atoms with Crippen LogP contribution in [0.15, 0.2) is 18.2 Å². The van der Waals surface area contributed by atoms with Crippen LogP contribution in [-0.4, -0.2) is 18.6 Å². The normalized spacial score (nSPS) is 10.2. The van der Waals surface area contributed by atoms with Gasteiger partial charge in [0.25, 0.3) is 0 Å². The van der Waals surface area contributed by atoms with E-state index in [4.69, 9.17) is 11.6 Å². The molecule has 14 heavy (non-hydrogen) atoms. The number of rotatable bonds is 5. The van der Waals surface area contributed by atoms with E-state index in [2.05, 4.69) is 11.6 Å². The Morgan fingerprint density at radius 1 is 1.50 bits per heavy atom. The Morgan fingerprint density at radius 3 is 3.00 bits per heavy atom. The molecule has 4 heteroatoms. The Bertz CT molecular complexity index is 293. The summed E-state index contributed by atoms with van der Waals surface area (Å²) < 4.78 is 12.8. The van der Waals surface area contributed by atoms with E-state index in [1.54, 1.807) is 17.8 Å². The quantitative estimate of drug-likeness (QED) is 0.780. The molecule has 0 aliphatic rings. The van der Waals surface area contributed by atoms with Gasteiger partial charge in [0.2, 0.25) is 0 Å². The molecule has 0 radical (unpaired) electrons. The van der Waals surface area contributed by atoms with Gasteiger partial charge in [0.1, 0.15) is 5.82 Å². The largest absolute Gasteiger partial charge is 0.384 e.